The number of fused-ring (bicyclic) bond motifs is 1. The van der Waals surface area contributed by atoms with E-state index < -0.39 is 24.3 Å². The molecule has 0 bridgehead atoms. The minimum absolute atomic E-state index is 0.189. The molecule has 14 nitrogen and oxygen atoms in total. The molecule has 0 saturated carbocycles. The number of benzene rings is 3. The summed E-state index contributed by atoms with van der Waals surface area (Å²) >= 11 is 1.71. The Bertz CT molecular complexity index is 2480. The number of ether oxygens (including phenoxy) is 1. The van der Waals surface area contributed by atoms with E-state index in [1.807, 2.05) is 50.4 Å². The maximum absolute atomic E-state index is 13.9. The number of carbonyl (C=O) groups is 4. The first-order valence-corrected chi connectivity index (χ1v) is 20.6. The number of rotatable bonds is 11. The van der Waals surface area contributed by atoms with Crippen molar-refractivity contribution in [3.8, 4) is 33.0 Å². The van der Waals surface area contributed by atoms with Gasteiger partial charge in [0.25, 0.3) is 5.91 Å². The van der Waals surface area contributed by atoms with Crippen molar-refractivity contribution in [2.45, 2.75) is 63.7 Å². The van der Waals surface area contributed by atoms with Gasteiger partial charge in [0.05, 0.1) is 43.0 Å². The average Bonchev–Trinajstić information content (AvgIpc) is 4.10. The van der Waals surface area contributed by atoms with Gasteiger partial charge in [-0.25, -0.2) is 19.6 Å². The van der Waals surface area contributed by atoms with Gasteiger partial charge in [-0.05, 0) is 65.8 Å². The van der Waals surface area contributed by atoms with Crippen LogP contribution in [0.25, 0.3) is 43.0 Å². The van der Waals surface area contributed by atoms with E-state index in [1.165, 1.54) is 7.11 Å². The van der Waals surface area contributed by atoms with Crippen molar-refractivity contribution in [2.75, 3.05) is 20.2 Å². The molecule has 0 aliphatic carbocycles. The molecule has 3 aromatic carbocycles. The Balaban J connectivity index is 0.957. The zero-order chi connectivity index (χ0) is 41.2. The second kappa shape index (κ2) is 16.8. The molecule has 15 heteroatoms. The van der Waals surface area contributed by atoms with E-state index in [0.717, 1.165) is 68.7 Å². The number of carboxylic acid groups (broad SMARTS) is 1. The Morgan fingerprint density at radius 1 is 0.780 bits per heavy atom. The molecule has 59 heavy (non-hydrogen) atoms. The predicted octanol–water partition coefficient (Wildman–Crippen LogP) is 8.07. The van der Waals surface area contributed by atoms with Crippen molar-refractivity contribution in [1.29, 1.82) is 0 Å². The van der Waals surface area contributed by atoms with Crippen LogP contribution in [0.2, 0.25) is 0 Å². The van der Waals surface area contributed by atoms with Gasteiger partial charge in [0.2, 0.25) is 5.91 Å². The van der Waals surface area contributed by atoms with Gasteiger partial charge in [0, 0.05) is 28.2 Å². The summed E-state index contributed by atoms with van der Waals surface area (Å²) in [4.78, 5) is 71.9. The van der Waals surface area contributed by atoms with Crippen LogP contribution < -0.4 is 10.6 Å². The first-order valence-electron chi connectivity index (χ1n) is 19.8. The lowest BCUT2D eigenvalue weighted by molar-refractivity contribution is -0.135. The van der Waals surface area contributed by atoms with Crippen LogP contribution in [0.3, 0.4) is 0 Å². The molecule has 304 valence electrons. The highest BCUT2D eigenvalue weighted by atomic mass is 32.1. The Morgan fingerprint density at radius 3 is 1.98 bits per heavy atom. The topological polar surface area (TPSA) is 186 Å². The molecule has 2 fully saturated rings. The van der Waals surface area contributed by atoms with Gasteiger partial charge in [-0.15, -0.1) is 11.3 Å². The van der Waals surface area contributed by atoms with E-state index in [4.69, 9.17) is 9.72 Å². The van der Waals surface area contributed by atoms with Gasteiger partial charge in [0.1, 0.15) is 23.7 Å². The highest BCUT2D eigenvalue weighted by Crippen LogP contribution is 2.39. The SMILES string of the molecule is COC(=O)NC(C(=O)N1CCCC1c1ncc(-c2ccc3cc(-c4ccc(-c5cnc(C6CCCN6C(=O)C(NC(=O)O)C(C)C)[nH]5)cc4)sc3c2)[nH]1)c1ccccc1. The van der Waals surface area contributed by atoms with Crippen molar-refractivity contribution in [3.05, 3.63) is 108 Å². The van der Waals surface area contributed by atoms with E-state index in [2.05, 4.69) is 74.1 Å². The third-order valence-electron chi connectivity index (χ3n) is 11.2. The Kier molecular flexibility index (Phi) is 11.2. The number of hydrogen-bond acceptors (Lipinski definition) is 8. The molecule has 2 saturated heterocycles. The summed E-state index contributed by atoms with van der Waals surface area (Å²) < 4.78 is 5.96. The second-order valence-corrected chi connectivity index (χ2v) is 16.4. The number of carbonyl (C=O) groups excluding carboxylic acids is 3. The summed E-state index contributed by atoms with van der Waals surface area (Å²) in [6, 6.07) is 23.8. The lowest BCUT2D eigenvalue weighted by Crippen LogP contribution is -2.50. The summed E-state index contributed by atoms with van der Waals surface area (Å²) in [5.74, 6) is 0.761. The summed E-state index contributed by atoms with van der Waals surface area (Å²) in [6.07, 6.45) is 4.84. The Labute approximate surface area is 345 Å². The van der Waals surface area contributed by atoms with Crippen LogP contribution in [0.1, 0.15) is 74.9 Å². The zero-order valence-electron chi connectivity index (χ0n) is 33.0. The quantitative estimate of drug-likeness (QED) is 0.0869. The number of aromatic nitrogens is 4. The number of nitrogens with zero attached hydrogens (tertiary/aromatic N) is 4. The number of aromatic amines is 2. The lowest BCUT2D eigenvalue weighted by Gasteiger charge is -2.29. The van der Waals surface area contributed by atoms with E-state index in [0.29, 0.717) is 30.3 Å². The van der Waals surface area contributed by atoms with Crippen molar-refractivity contribution in [1.82, 2.24) is 40.4 Å². The van der Waals surface area contributed by atoms with Gasteiger partial charge in [-0.2, -0.15) is 0 Å². The monoisotopic (exact) mass is 814 g/mol. The molecule has 3 aromatic heterocycles. The maximum Gasteiger partial charge on any atom is 0.407 e. The molecule has 0 radical (unpaired) electrons. The highest BCUT2D eigenvalue weighted by Gasteiger charge is 2.38. The lowest BCUT2D eigenvalue weighted by atomic mass is 10.0. The summed E-state index contributed by atoms with van der Waals surface area (Å²) in [5, 5.41) is 15.5. The number of imidazole rings is 2. The van der Waals surface area contributed by atoms with Crippen LogP contribution in [0.5, 0.6) is 0 Å². The van der Waals surface area contributed by atoms with Gasteiger partial charge in [-0.3, -0.25) is 9.59 Å². The van der Waals surface area contributed by atoms with E-state index in [-0.39, 0.29) is 29.8 Å². The molecule has 4 atom stereocenters. The van der Waals surface area contributed by atoms with E-state index >= 15 is 0 Å². The number of likely N-dealkylation sites (tertiary alicyclic amines) is 2. The van der Waals surface area contributed by atoms with Crippen molar-refractivity contribution in [2.24, 2.45) is 5.92 Å². The van der Waals surface area contributed by atoms with Crippen LogP contribution in [0.4, 0.5) is 9.59 Å². The van der Waals surface area contributed by atoms with Gasteiger partial charge < -0.3 is 40.2 Å². The van der Waals surface area contributed by atoms with Crippen LogP contribution in [-0.2, 0) is 14.3 Å². The van der Waals surface area contributed by atoms with Crippen LogP contribution in [0.15, 0.2) is 91.3 Å². The first-order chi connectivity index (χ1) is 28.6. The molecule has 2 aliphatic heterocycles. The Morgan fingerprint density at radius 2 is 1.37 bits per heavy atom. The molecule has 4 unspecified atom stereocenters. The third kappa shape index (κ3) is 8.15. The predicted molar refractivity (Wildman–Crippen MR) is 224 cm³/mol. The molecule has 5 N–H and O–H groups in total. The van der Waals surface area contributed by atoms with Gasteiger partial charge in [-0.1, -0.05) is 80.6 Å². The minimum Gasteiger partial charge on any atom is -0.465 e. The van der Waals surface area contributed by atoms with Gasteiger partial charge in [0.15, 0.2) is 0 Å². The molecule has 8 rings (SSSR count). The van der Waals surface area contributed by atoms with Crippen molar-refractivity contribution < 1.29 is 29.0 Å². The van der Waals surface area contributed by atoms with Crippen LogP contribution >= 0.6 is 11.3 Å². The third-order valence-corrected chi connectivity index (χ3v) is 12.4. The van der Waals surface area contributed by atoms with Crippen LogP contribution in [-0.4, -0.2) is 85.1 Å². The number of H-pyrrole nitrogens is 2. The molecule has 2 aliphatic rings. The highest BCUT2D eigenvalue weighted by molar-refractivity contribution is 7.22. The fourth-order valence-electron chi connectivity index (χ4n) is 8.19. The van der Waals surface area contributed by atoms with Gasteiger partial charge >= 0.3 is 12.2 Å². The fraction of sp³-hybridized carbons (Fsp3) is 0.318. The minimum atomic E-state index is -1.21. The average molecular weight is 815 g/mol. The number of alkyl carbamates (subject to hydrolysis) is 1. The first kappa shape index (κ1) is 39.4. The number of methoxy groups -OCH3 is 1. The standard InChI is InChI=1S/C44H46N8O6S/c1-25(2)37(49-43(55)56)41(53)51-19-7-11-33(51)39-45-23-31(47-39)26-13-15-27(16-14-26)35-22-30-18-17-29(21-36(30)59-35)32-24-46-40(48-32)34-12-8-20-52(34)42(54)38(50-44(57)58-3)28-9-5-4-6-10-28/h4-6,9-10,13-18,21-25,33-34,37-38,49H,7-8,11-12,19-20H2,1-3H3,(H,45,47)(H,46,48)(H,50,57)(H,55,56). The molecular weight excluding hydrogens is 769 g/mol. The molecule has 0 spiro atoms. The number of nitrogens with one attached hydrogen (secondary N) is 4. The summed E-state index contributed by atoms with van der Waals surface area (Å²) in [5.41, 5.74) is 5.41. The number of hydrogen-bond donors (Lipinski definition) is 5. The van der Waals surface area contributed by atoms with E-state index in [9.17, 15) is 24.3 Å². The molecular formula is C44H46N8O6S. The maximum atomic E-state index is 13.9. The smallest absolute Gasteiger partial charge is 0.407 e. The number of amides is 4. The second-order valence-electron chi connectivity index (χ2n) is 15.3. The number of thiophene rings is 1. The van der Waals surface area contributed by atoms with Crippen molar-refractivity contribution >= 4 is 45.4 Å². The Hall–Kier alpha value is -6.48. The zero-order valence-corrected chi connectivity index (χ0v) is 33.8. The molecule has 6 aromatic rings. The van der Waals surface area contributed by atoms with Crippen molar-refractivity contribution in [3.63, 3.8) is 0 Å². The molecule has 5 heterocycles. The van der Waals surface area contributed by atoms with Crippen LogP contribution in [0, 0.1) is 5.92 Å². The fourth-order valence-corrected chi connectivity index (χ4v) is 9.30. The summed E-state index contributed by atoms with van der Waals surface area (Å²) in [7, 11) is 1.28. The summed E-state index contributed by atoms with van der Waals surface area (Å²) in [6.45, 7) is 4.77. The molecule has 4 amide bonds. The largest absolute Gasteiger partial charge is 0.465 e. The normalized spacial score (nSPS) is 17.6. The van der Waals surface area contributed by atoms with E-state index in [1.54, 1.807) is 27.3 Å².